The van der Waals surface area contributed by atoms with E-state index in [-0.39, 0.29) is 0 Å². The summed E-state index contributed by atoms with van der Waals surface area (Å²) in [5, 5.41) is 4.63. The third kappa shape index (κ3) is 5.09. The van der Waals surface area contributed by atoms with Crippen molar-refractivity contribution < 1.29 is 4.42 Å². The Bertz CT molecular complexity index is 2160. The number of furan rings is 1. The lowest BCUT2D eigenvalue weighted by Crippen LogP contribution is -2.28. The zero-order valence-corrected chi connectivity index (χ0v) is 26.8. The van der Waals surface area contributed by atoms with E-state index in [1.807, 2.05) is 30.4 Å². The predicted molar refractivity (Wildman–Crippen MR) is 199 cm³/mol. The average molecular weight is 608 g/mol. The highest BCUT2D eigenvalue weighted by molar-refractivity contribution is 6.00. The summed E-state index contributed by atoms with van der Waals surface area (Å²) < 4.78 is 6.72. The molecule has 0 saturated carbocycles. The van der Waals surface area contributed by atoms with Crippen LogP contribution in [0.5, 0.6) is 0 Å². The van der Waals surface area contributed by atoms with Gasteiger partial charge < -0.3 is 9.73 Å². The summed E-state index contributed by atoms with van der Waals surface area (Å²) in [6.07, 6.45) is 8.18. The van der Waals surface area contributed by atoms with Crippen molar-refractivity contribution in [3.63, 3.8) is 0 Å². The zero-order chi connectivity index (χ0) is 32.4. The van der Waals surface area contributed by atoms with Crippen molar-refractivity contribution in [2.24, 2.45) is 0 Å². The van der Waals surface area contributed by atoms with Crippen molar-refractivity contribution in [3.8, 4) is 0 Å². The number of allylic oxidation sites excluding steroid dienone is 5. The van der Waals surface area contributed by atoms with E-state index in [2.05, 4.69) is 160 Å². The number of hydrogen-bond donors (Lipinski definition) is 1. The van der Waals surface area contributed by atoms with Gasteiger partial charge in [0.15, 0.2) is 0 Å². The summed E-state index contributed by atoms with van der Waals surface area (Å²) in [5.41, 5.74) is 12.5. The molecule has 1 aliphatic rings. The van der Waals surface area contributed by atoms with Crippen LogP contribution in [0.25, 0.3) is 28.2 Å². The number of para-hydroxylation sites is 1. The minimum absolute atomic E-state index is 0.517. The summed E-state index contributed by atoms with van der Waals surface area (Å²) in [4.78, 5) is 0. The average Bonchev–Trinajstić information content (AvgIpc) is 3.61. The SMILES string of the molecule is C=Cc1c(C2=C(C)C(c3ccccc3)(c3ccccc3)c3ccc(NC(=C)/C=C\C(=C/C)c4ccccc4)cc32)oc2ccccc12. The first-order valence-electron chi connectivity index (χ1n) is 16.0. The molecule has 5 aromatic carbocycles. The van der Waals surface area contributed by atoms with E-state index in [4.69, 9.17) is 4.42 Å². The van der Waals surface area contributed by atoms with Gasteiger partial charge >= 0.3 is 0 Å². The monoisotopic (exact) mass is 607 g/mol. The molecule has 1 heterocycles. The molecule has 0 aliphatic heterocycles. The highest BCUT2D eigenvalue weighted by atomic mass is 16.3. The highest BCUT2D eigenvalue weighted by Gasteiger charge is 2.47. The maximum atomic E-state index is 6.72. The van der Waals surface area contributed by atoms with Crippen molar-refractivity contribution in [2.45, 2.75) is 19.3 Å². The molecule has 0 saturated heterocycles. The summed E-state index contributed by atoms with van der Waals surface area (Å²) in [5.74, 6) is 0.838. The van der Waals surface area contributed by atoms with Crippen LogP contribution in [0.4, 0.5) is 5.69 Å². The molecule has 2 nitrogen and oxygen atoms in total. The standard InChI is InChI=1S/C45H37NO/c1-5-33(34-18-10-7-11-19-34)27-26-31(3)46-37-28-29-41-40(30-37)43(44-38(6-2)39-24-16-17-25-42(39)47-44)32(4)45(41,35-20-12-8-13-21-35)36-22-14-9-15-23-36/h5-30,46H,2-3H2,1,4H3/b27-26-,33-5+. The molecule has 2 heteroatoms. The first-order valence-corrected chi connectivity index (χ1v) is 16.0. The molecule has 0 fully saturated rings. The zero-order valence-electron chi connectivity index (χ0n) is 26.8. The van der Waals surface area contributed by atoms with Gasteiger partial charge in [0.05, 0.1) is 5.41 Å². The van der Waals surface area contributed by atoms with Crippen molar-refractivity contribution in [2.75, 3.05) is 5.32 Å². The molecule has 0 atom stereocenters. The molecule has 0 spiro atoms. The topological polar surface area (TPSA) is 25.2 Å². The largest absolute Gasteiger partial charge is 0.455 e. The lowest BCUT2D eigenvalue weighted by molar-refractivity contribution is 0.598. The van der Waals surface area contributed by atoms with Crippen LogP contribution in [0.3, 0.4) is 0 Å². The molecule has 0 radical (unpaired) electrons. The van der Waals surface area contributed by atoms with Gasteiger partial charge in [0.1, 0.15) is 11.3 Å². The van der Waals surface area contributed by atoms with E-state index < -0.39 is 5.41 Å². The van der Waals surface area contributed by atoms with Gasteiger partial charge in [-0.1, -0.05) is 147 Å². The Labute approximate surface area is 277 Å². The first-order chi connectivity index (χ1) is 23.1. The second-order valence-electron chi connectivity index (χ2n) is 11.9. The van der Waals surface area contributed by atoms with Crippen LogP contribution >= 0.6 is 0 Å². The molecule has 0 unspecified atom stereocenters. The second kappa shape index (κ2) is 12.5. The molecule has 47 heavy (non-hydrogen) atoms. The van der Waals surface area contributed by atoms with E-state index in [1.54, 1.807) is 0 Å². The maximum Gasteiger partial charge on any atom is 0.143 e. The molecule has 1 N–H and O–H groups in total. The third-order valence-corrected chi connectivity index (χ3v) is 9.30. The summed E-state index contributed by atoms with van der Waals surface area (Å²) in [6, 6.07) is 46.9. The second-order valence-corrected chi connectivity index (χ2v) is 11.9. The molecule has 6 aromatic rings. The molecule has 1 aliphatic carbocycles. The number of anilines is 1. The van der Waals surface area contributed by atoms with Gasteiger partial charge in [-0.05, 0) is 77.1 Å². The Morgan fingerprint density at radius 2 is 1.36 bits per heavy atom. The molecule has 1 aromatic heterocycles. The fraction of sp³-hybridized carbons (Fsp3) is 0.0667. The van der Waals surface area contributed by atoms with Crippen molar-refractivity contribution in [3.05, 3.63) is 215 Å². The van der Waals surface area contributed by atoms with Crippen LogP contribution in [0, 0.1) is 0 Å². The van der Waals surface area contributed by atoms with Crippen LogP contribution in [-0.4, -0.2) is 0 Å². The van der Waals surface area contributed by atoms with Crippen LogP contribution in [0.1, 0.15) is 53.0 Å². The summed E-state index contributed by atoms with van der Waals surface area (Å²) in [6.45, 7) is 12.9. The van der Waals surface area contributed by atoms with Crippen LogP contribution < -0.4 is 5.32 Å². The lowest BCUT2D eigenvalue weighted by Gasteiger charge is -2.34. The summed E-state index contributed by atoms with van der Waals surface area (Å²) >= 11 is 0. The van der Waals surface area contributed by atoms with E-state index in [0.29, 0.717) is 0 Å². The van der Waals surface area contributed by atoms with E-state index in [1.165, 1.54) is 27.8 Å². The Hall–Kier alpha value is -5.86. The van der Waals surface area contributed by atoms with Gasteiger partial charge in [-0.25, -0.2) is 0 Å². The predicted octanol–water partition coefficient (Wildman–Crippen LogP) is 11.8. The van der Waals surface area contributed by atoms with Gasteiger partial charge in [-0.3, -0.25) is 0 Å². The Morgan fingerprint density at radius 3 is 2.00 bits per heavy atom. The van der Waals surface area contributed by atoms with Crippen molar-refractivity contribution >= 4 is 33.9 Å². The van der Waals surface area contributed by atoms with Crippen molar-refractivity contribution in [1.82, 2.24) is 0 Å². The number of benzene rings is 5. The van der Waals surface area contributed by atoms with Crippen LogP contribution in [-0.2, 0) is 5.41 Å². The smallest absolute Gasteiger partial charge is 0.143 e. The van der Waals surface area contributed by atoms with E-state index in [9.17, 15) is 0 Å². The Morgan fingerprint density at radius 1 is 0.745 bits per heavy atom. The Balaban J connectivity index is 1.40. The molecule has 7 rings (SSSR count). The minimum atomic E-state index is -0.517. The van der Waals surface area contributed by atoms with Crippen LogP contribution in [0.15, 0.2) is 181 Å². The molecular weight excluding hydrogens is 571 g/mol. The third-order valence-electron chi connectivity index (χ3n) is 9.30. The van der Waals surface area contributed by atoms with Crippen LogP contribution in [0.2, 0.25) is 0 Å². The van der Waals surface area contributed by atoms with E-state index >= 15 is 0 Å². The Kier molecular flexibility index (Phi) is 7.93. The van der Waals surface area contributed by atoms with Gasteiger partial charge in [0, 0.05) is 27.9 Å². The summed E-state index contributed by atoms with van der Waals surface area (Å²) in [7, 11) is 0. The molecule has 0 bridgehead atoms. The number of nitrogens with one attached hydrogen (secondary N) is 1. The fourth-order valence-corrected chi connectivity index (χ4v) is 7.19. The molecular formula is C45H37NO. The van der Waals surface area contributed by atoms with Gasteiger partial charge in [-0.15, -0.1) is 0 Å². The minimum Gasteiger partial charge on any atom is -0.455 e. The number of hydrogen-bond acceptors (Lipinski definition) is 2. The molecule has 0 amide bonds. The highest BCUT2D eigenvalue weighted by Crippen LogP contribution is 2.57. The molecule has 228 valence electrons. The van der Waals surface area contributed by atoms with Crippen molar-refractivity contribution in [1.29, 1.82) is 0 Å². The number of rotatable bonds is 9. The van der Waals surface area contributed by atoms with E-state index in [0.717, 1.165) is 50.4 Å². The normalized spacial score (nSPS) is 14.0. The van der Waals surface area contributed by atoms with Gasteiger partial charge in [0.25, 0.3) is 0 Å². The quantitative estimate of drug-likeness (QED) is 0.165. The van der Waals surface area contributed by atoms with Gasteiger partial charge in [-0.2, -0.15) is 0 Å². The number of fused-ring (bicyclic) bond motifs is 2. The fourth-order valence-electron chi connectivity index (χ4n) is 7.19. The maximum absolute atomic E-state index is 6.72. The van der Waals surface area contributed by atoms with Gasteiger partial charge in [0.2, 0.25) is 0 Å². The first kappa shape index (κ1) is 29.8. The lowest BCUT2D eigenvalue weighted by atomic mass is 9.67.